The van der Waals surface area contributed by atoms with E-state index in [1.807, 2.05) is 48.5 Å². The zero-order valence-corrected chi connectivity index (χ0v) is 16.5. The molecule has 0 aliphatic heterocycles. The summed E-state index contributed by atoms with van der Waals surface area (Å²) in [5.74, 6) is 2.00. The highest BCUT2D eigenvalue weighted by Gasteiger charge is 2.14. The first kappa shape index (κ1) is 19.2. The van der Waals surface area contributed by atoms with Crippen LogP contribution in [0.4, 0.5) is 5.95 Å². The molecule has 2 aromatic heterocycles. The summed E-state index contributed by atoms with van der Waals surface area (Å²) in [4.78, 5) is 16.8. The molecule has 0 atom stereocenters. The van der Waals surface area contributed by atoms with Crippen LogP contribution in [-0.2, 0) is 6.42 Å². The van der Waals surface area contributed by atoms with Crippen molar-refractivity contribution in [2.45, 2.75) is 6.42 Å². The Morgan fingerprint density at radius 1 is 0.933 bits per heavy atom. The van der Waals surface area contributed by atoms with E-state index in [-0.39, 0.29) is 11.9 Å². The summed E-state index contributed by atoms with van der Waals surface area (Å²) >= 11 is 0. The molecule has 0 bridgehead atoms. The quantitative estimate of drug-likeness (QED) is 0.436. The maximum absolute atomic E-state index is 12.5. The van der Waals surface area contributed by atoms with E-state index in [0.29, 0.717) is 23.6 Å². The van der Waals surface area contributed by atoms with E-state index >= 15 is 0 Å². The second-order valence-corrected chi connectivity index (χ2v) is 6.48. The summed E-state index contributed by atoms with van der Waals surface area (Å²) in [7, 11) is 3.23. The molecule has 4 rings (SSSR count). The molecule has 9 nitrogen and oxygen atoms in total. The highest BCUT2D eigenvalue weighted by molar-refractivity contribution is 6.02. The molecule has 0 saturated carbocycles. The first-order chi connectivity index (χ1) is 14.6. The smallest absolute Gasteiger partial charge is 0.276 e. The fourth-order valence-electron chi connectivity index (χ4n) is 2.88. The molecule has 0 fully saturated rings. The summed E-state index contributed by atoms with van der Waals surface area (Å²) in [5.41, 5.74) is 2.87. The Morgan fingerprint density at radius 3 is 2.27 bits per heavy atom. The molecule has 30 heavy (non-hydrogen) atoms. The van der Waals surface area contributed by atoms with Gasteiger partial charge in [-0.1, -0.05) is 12.1 Å². The molecule has 2 aromatic carbocycles. The van der Waals surface area contributed by atoms with Crippen LogP contribution in [0.3, 0.4) is 0 Å². The number of amides is 1. The van der Waals surface area contributed by atoms with E-state index in [1.165, 1.54) is 0 Å². The van der Waals surface area contributed by atoms with Gasteiger partial charge in [0.2, 0.25) is 5.95 Å². The van der Waals surface area contributed by atoms with Gasteiger partial charge in [0, 0.05) is 12.0 Å². The van der Waals surface area contributed by atoms with Crippen LogP contribution in [0.25, 0.3) is 11.3 Å². The Labute approximate surface area is 172 Å². The van der Waals surface area contributed by atoms with Crippen molar-refractivity contribution in [2.24, 2.45) is 0 Å². The molecule has 2 heterocycles. The van der Waals surface area contributed by atoms with Gasteiger partial charge in [-0.05, 0) is 48.0 Å². The highest BCUT2D eigenvalue weighted by Crippen LogP contribution is 2.21. The van der Waals surface area contributed by atoms with Crippen LogP contribution in [0, 0.1) is 0 Å². The number of aromatic nitrogens is 5. The van der Waals surface area contributed by atoms with Gasteiger partial charge in [0.15, 0.2) is 0 Å². The summed E-state index contributed by atoms with van der Waals surface area (Å²) in [5, 5.41) is 16.5. The van der Waals surface area contributed by atoms with Gasteiger partial charge in [0.05, 0.1) is 19.9 Å². The number of hydrogen-bond acceptors (Lipinski definition) is 6. The fourth-order valence-corrected chi connectivity index (χ4v) is 2.88. The Hall–Kier alpha value is -4.14. The van der Waals surface area contributed by atoms with Crippen LogP contribution in [-0.4, -0.2) is 45.5 Å². The summed E-state index contributed by atoms with van der Waals surface area (Å²) < 4.78 is 10.3. The average molecular weight is 404 g/mol. The molecule has 0 unspecified atom stereocenters. The first-order valence-corrected chi connectivity index (χ1v) is 9.20. The standard InChI is InChI=1S/C21H20N6O3/c1-29-15-7-3-13(4-8-15)11-19-22-21(27-26-19)23-20(28)18-12-17(24-25-18)14-5-9-16(30-2)10-6-14/h3-10,12H,11H2,1-2H3,(H,24,25)(H2,22,23,26,27,28). The number of rotatable bonds is 7. The second-order valence-electron chi connectivity index (χ2n) is 6.48. The minimum atomic E-state index is -0.378. The molecule has 152 valence electrons. The number of nitrogens with one attached hydrogen (secondary N) is 3. The number of methoxy groups -OCH3 is 2. The average Bonchev–Trinajstić information content (AvgIpc) is 3.44. The van der Waals surface area contributed by atoms with Gasteiger partial charge < -0.3 is 9.47 Å². The minimum absolute atomic E-state index is 0.198. The van der Waals surface area contributed by atoms with Gasteiger partial charge in [0.1, 0.15) is 23.0 Å². The predicted molar refractivity (Wildman–Crippen MR) is 111 cm³/mol. The number of aromatic amines is 2. The van der Waals surface area contributed by atoms with Crippen molar-refractivity contribution in [3.63, 3.8) is 0 Å². The summed E-state index contributed by atoms with van der Waals surface area (Å²) in [6, 6.07) is 16.7. The third-order valence-electron chi connectivity index (χ3n) is 4.50. The van der Waals surface area contributed by atoms with Crippen LogP contribution in [0.5, 0.6) is 11.5 Å². The lowest BCUT2D eigenvalue weighted by molar-refractivity contribution is 0.102. The molecule has 0 spiro atoms. The Kier molecular flexibility index (Phi) is 5.42. The van der Waals surface area contributed by atoms with Crippen LogP contribution >= 0.6 is 0 Å². The van der Waals surface area contributed by atoms with Gasteiger partial charge >= 0.3 is 0 Å². The molecule has 1 amide bonds. The van der Waals surface area contributed by atoms with Gasteiger partial charge in [-0.15, -0.1) is 5.10 Å². The lowest BCUT2D eigenvalue weighted by Gasteiger charge is -2.01. The molecule has 0 aliphatic carbocycles. The van der Waals surface area contributed by atoms with E-state index in [4.69, 9.17) is 9.47 Å². The third-order valence-corrected chi connectivity index (χ3v) is 4.50. The summed E-state index contributed by atoms with van der Waals surface area (Å²) in [6.07, 6.45) is 0.554. The molecule has 0 aliphatic rings. The van der Waals surface area contributed by atoms with E-state index < -0.39 is 0 Å². The van der Waals surface area contributed by atoms with Crippen molar-refractivity contribution >= 4 is 11.9 Å². The van der Waals surface area contributed by atoms with E-state index in [2.05, 4.69) is 30.7 Å². The van der Waals surface area contributed by atoms with Crippen molar-refractivity contribution in [2.75, 3.05) is 19.5 Å². The van der Waals surface area contributed by atoms with Crippen molar-refractivity contribution in [1.29, 1.82) is 0 Å². The van der Waals surface area contributed by atoms with Crippen molar-refractivity contribution in [3.8, 4) is 22.8 Å². The Morgan fingerprint density at radius 2 is 1.60 bits per heavy atom. The molecule has 3 N–H and O–H groups in total. The second kappa shape index (κ2) is 8.48. The lowest BCUT2D eigenvalue weighted by Crippen LogP contribution is -2.13. The number of benzene rings is 2. The van der Waals surface area contributed by atoms with E-state index in [0.717, 1.165) is 22.6 Å². The molecular weight excluding hydrogens is 384 g/mol. The zero-order chi connectivity index (χ0) is 20.9. The Balaban J connectivity index is 1.40. The number of nitrogens with zero attached hydrogens (tertiary/aromatic N) is 3. The van der Waals surface area contributed by atoms with Gasteiger partial charge in [-0.2, -0.15) is 10.1 Å². The normalized spacial score (nSPS) is 10.6. The Bertz CT molecular complexity index is 1130. The zero-order valence-electron chi connectivity index (χ0n) is 16.5. The highest BCUT2D eigenvalue weighted by atomic mass is 16.5. The summed E-state index contributed by atoms with van der Waals surface area (Å²) in [6.45, 7) is 0. The number of ether oxygens (including phenoxy) is 2. The number of anilines is 1. The van der Waals surface area contributed by atoms with Crippen molar-refractivity contribution < 1.29 is 14.3 Å². The number of H-pyrrole nitrogens is 2. The predicted octanol–water partition coefficient (Wildman–Crippen LogP) is 3.06. The fraction of sp³-hybridized carbons (Fsp3) is 0.143. The maximum Gasteiger partial charge on any atom is 0.276 e. The van der Waals surface area contributed by atoms with Gasteiger partial charge in [0.25, 0.3) is 5.91 Å². The largest absolute Gasteiger partial charge is 0.497 e. The molecule has 0 radical (unpaired) electrons. The van der Waals surface area contributed by atoms with Gasteiger partial charge in [-0.3, -0.25) is 20.3 Å². The monoisotopic (exact) mass is 404 g/mol. The van der Waals surface area contributed by atoms with Crippen LogP contribution < -0.4 is 14.8 Å². The van der Waals surface area contributed by atoms with Crippen LogP contribution in [0.2, 0.25) is 0 Å². The lowest BCUT2D eigenvalue weighted by atomic mass is 10.1. The SMILES string of the molecule is COc1ccc(Cc2nc(NC(=O)c3cc(-c4ccc(OC)cc4)n[nH]3)n[nH]2)cc1. The van der Waals surface area contributed by atoms with Crippen LogP contribution in [0.1, 0.15) is 21.9 Å². The number of hydrogen-bond donors (Lipinski definition) is 3. The van der Waals surface area contributed by atoms with Crippen molar-refractivity contribution in [1.82, 2.24) is 25.4 Å². The van der Waals surface area contributed by atoms with Crippen molar-refractivity contribution in [3.05, 3.63) is 71.7 Å². The molecule has 4 aromatic rings. The maximum atomic E-state index is 12.5. The number of carbonyl (C=O) groups excluding carboxylic acids is 1. The molecule has 9 heteroatoms. The topological polar surface area (TPSA) is 118 Å². The van der Waals surface area contributed by atoms with E-state index in [9.17, 15) is 4.79 Å². The molecular formula is C21H20N6O3. The number of carbonyl (C=O) groups is 1. The minimum Gasteiger partial charge on any atom is -0.497 e. The van der Waals surface area contributed by atoms with Crippen LogP contribution in [0.15, 0.2) is 54.6 Å². The third kappa shape index (κ3) is 4.30. The van der Waals surface area contributed by atoms with E-state index in [1.54, 1.807) is 20.3 Å². The van der Waals surface area contributed by atoms with Gasteiger partial charge in [-0.25, -0.2) is 0 Å². The molecule has 0 saturated heterocycles. The first-order valence-electron chi connectivity index (χ1n) is 9.20.